The smallest absolute Gasteiger partial charge is 0.406 e. The molecular formula is C18H16F3N3O4. The first-order valence-corrected chi connectivity index (χ1v) is 8.35. The highest BCUT2D eigenvalue weighted by atomic mass is 19.4. The molecule has 3 rings (SSSR count). The summed E-state index contributed by atoms with van der Waals surface area (Å²) in [6.45, 7) is -0.0623. The number of halogens is 3. The minimum atomic E-state index is -4.61. The van der Waals surface area contributed by atoms with Crippen LogP contribution < -0.4 is 11.2 Å². The summed E-state index contributed by atoms with van der Waals surface area (Å²) in [6, 6.07) is 6.74. The van der Waals surface area contributed by atoms with Crippen molar-refractivity contribution in [3.63, 3.8) is 0 Å². The number of nitrogens with one attached hydrogen (secondary N) is 1. The van der Waals surface area contributed by atoms with Gasteiger partial charge in [0, 0.05) is 12.1 Å². The Bertz CT molecular complexity index is 1110. The fourth-order valence-electron chi connectivity index (χ4n) is 2.86. The minimum absolute atomic E-state index is 0.0792. The minimum Gasteiger partial charge on any atom is -0.467 e. The summed E-state index contributed by atoms with van der Waals surface area (Å²) in [5, 5.41) is 0.159. The van der Waals surface area contributed by atoms with Crippen LogP contribution >= 0.6 is 0 Å². The fraction of sp³-hybridized carbons (Fsp3) is 0.278. The predicted octanol–water partition coefficient (Wildman–Crippen LogP) is 2.51. The van der Waals surface area contributed by atoms with Crippen LogP contribution in [-0.2, 0) is 13.1 Å². The molecule has 2 heterocycles. The molecule has 1 aromatic carbocycles. The van der Waals surface area contributed by atoms with Gasteiger partial charge in [-0.25, -0.2) is 4.79 Å². The molecule has 0 aliphatic rings. The van der Waals surface area contributed by atoms with E-state index in [4.69, 9.17) is 4.42 Å². The monoisotopic (exact) mass is 395 g/mol. The highest BCUT2D eigenvalue weighted by Gasteiger charge is 2.34. The van der Waals surface area contributed by atoms with Crippen molar-refractivity contribution >= 4 is 16.8 Å². The van der Waals surface area contributed by atoms with E-state index in [1.54, 1.807) is 6.92 Å². The molecule has 0 radical (unpaired) electrons. The van der Waals surface area contributed by atoms with Crippen LogP contribution in [0.2, 0.25) is 0 Å². The Hall–Kier alpha value is -3.30. The molecule has 0 atom stereocenters. The quantitative estimate of drug-likeness (QED) is 0.719. The number of H-pyrrole nitrogens is 1. The molecule has 0 fully saturated rings. The number of benzene rings is 1. The highest BCUT2D eigenvalue weighted by molar-refractivity contribution is 5.97. The van der Waals surface area contributed by atoms with Gasteiger partial charge in [-0.05, 0) is 37.3 Å². The SMILES string of the molecule is CCn1c(=O)[nH]c2cc(C(=O)N(Cc3ccco3)CC(F)(F)F)ccc2c1=O. The van der Waals surface area contributed by atoms with E-state index in [1.165, 1.54) is 36.6 Å². The standard InChI is InChI=1S/C18H16F3N3O4/c1-2-24-16(26)13-6-5-11(8-14(13)22-17(24)27)15(25)23(10-18(19,20)21)9-12-4-3-7-28-12/h3-8H,2,9-10H2,1H3,(H,22,27). The van der Waals surface area contributed by atoms with Gasteiger partial charge in [-0.1, -0.05) is 0 Å². The third-order valence-corrected chi connectivity index (χ3v) is 4.13. The van der Waals surface area contributed by atoms with Gasteiger partial charge in [0.05, 0.1) is 23.7 Å². The van der Waals surface area contributed by atoms with Gasteiger partial charge in [0.25, 0.3) is 11.5 Å². The summed E-state index contributed by atoms with van der Waals surface area (Å²) in [5.74, 6) is -0.714. The van der Waals surface area contributed by atoms with Crippen molar-refractivity contribution in [2.75, 3.05) is 6.54 Å². The van der Waals surface area contributed by atoms with Crippen LogP contribution in [-0.4, -0.2) is 33.1 Å². The van der Waals surface area contributed by atoms with E-state index in [-0.39, 0.29) is 35.3 Å². The van der Waals surface area contributed by atoms with E-state index in [2.05, 4.69) is 4.98 Å². The number of nitrogens with zero attached hydrogens (tertiary/aromatic N) is 2. The largest absolute Gasteiger partial charge is 0.467 e. The summed E-state index contributed by atoms with van der Waals surface area (Å²) in [6.07, 6.45) is -3.31. The predicted molar refractivity (Wildman–Crippen MR) is 94.0 cm³/mol. The molecule has 28 heavy (non-hydrogen) atoms. The van der Waals surface area contributed by atoms with Crippen molar-refractivity contribution in [2.24, 2.45) is 0 Å². The number of furan rings is 1. The van der Waals surface area contributed by atoms with Gasteiger partial charge in [0.1, 0.15) is 12.3 Å². The Kier molecular flexibility index (Phi) is 5.12. The molecule has 0 spiro atoms. The molecule has 0 saturated carbocycles. The van der Waals surface area contributed by atoms with Crippen molar-refractivity contribution in [3.05, 3.63) is 68.8 Å². The van der Waals surface area contributed by atoms with Gasteiger partial charge in [-0.15, -0.1) is 0 Å². The lowest BCUT2D eigenvalue weighted by Gasteiger charge is -2.23. The van der Waals surface area contributed by atoms with Crippen LogP contribution in [0.25, 0.3) is 10.9 Å². The van der Waals surface area contributed by atoms with Crippen LogP contribution in [0.3, 0.4) is 0 Å². The number of aromatic nitrogens is 2. The van der Waals surface area contributed by atoms with E-state index in [0.717, 1.165) is 4.57 Å². The van der Waals surface area contributed by atoms with Gasteiger partial charge in [0.15, 0.2) is 0 Å². The molecule has 148 valence electrons. The van der Waals surface area contributed by atoms with Crippen LogP contribution in [0.15, 0.2) is 50.6 Å². The number of aromatic amines is 1. The second-order valence-corrected chi connectivity index (χ2v) is 6.10. The van der Waals surface area contributed by atoms with Gasteiger partial charge < -0.3 is 14.3 Å². The number of carbonyl (C=O) groups is 1. The maximum absolute atomic E-state index is 12.9. The van der Waals surface area contributed by atoms with E-state index >= 15 is 0 Å². The summed E-state index contributed by atoms with van der Waals surface area (Å²) < 4.78 is 44.8. The number of hydrogen-bond acceptors (Lipinski definition) is 4. The Balaban J connectivity index is 2.01. The Morgan fingerprint density at radius 2 is 2.00 bits per heavy atom. The second kappa shape index (κ2) is 7.37. The summed E-state index contributed by atoms with van der Waals surface area (Å²) >= 11 is 0. The first kappa shape index (κ1) is 19.5. The zero-order valence-corrected chi connectivity index (χ0v) is 14.7. The summed E-state index contributed by atoms with van der Waals surface area (Å²) in [7, 11) is 0. The van der Waals surface area contributed by atoms with E-state index < -0.39 is 29.9 Å². The number of hydrogen-bond donors (Lipinski definition) is 1. The maximum atomic E-state index is 12.9. The fourth-order valence-corrected chi connectivity index (χ4v) is 2.86. The third kappa shape index (κ3) is 4.00. The number of carbonyl (C=O) groups excluding carboxylic acids is 1. The van der Waals surface area contributed by atoms with Crippen molar-refractivity contribution in [1.29, 1.82) is 0 Å². The van der Waals surface area contributed by atoms with Crippen molar-refractivity contribution < 1.29 is 22.4 Å². The van der Waals surface area contributed by atoms with Crippen LogP contribution in [0.4, 0.5) is 13.2 Å². The average molecular weight is 395 g/mol. The summed E-state index contributed by atoms with van der Waals surface area (Å²) in [5.41, 5.74) is -1.21. The highest BCUT2D eigenvalue weighted by Crippen LogP contribution is 2.21. The van der Waals surface area contributed by atoms with E-state index in [9.17, 15) is 27.6 Å². The van der Waals surface area contributed by atoms with Crippen molar-refractivity contribution in [3.8, 4) is 0 Å². The molecule has 0 aliphatic heterocycles. The Morgan fingerprint density at radius 3 is 2.61 bits per heavy atom. The molecule has 0 unspecified atom stereocenters. The number of rotatable bonds is 5. The normalized spacial score (nSPS) is 11.7. The van der Waals surface area contributed by atoms with Crippen molar-refractivity contribution in [1.82, 2.24) is 14.5 Å². The molecule has 0 bridgehead atoms. The van der Waals surface area contributed by atoms with E-state index in [0.29, 0.717) is 4.90 Å². The molecule has 1 N–H and O–H groups in total. The zero-order chi connectivity index (χ0) is 20.5. The molecule has 7 nitrogen and oxygen atoms in total. The first-order valence-electron chi connectivity index (χ1n) is 8.35. The molecule has 0 aliphatic carbocycles. The summed E-state index contributed by atoms with van der Waals surface area (Å²) in [4.78, 5) is 40.0. The number of alkyl halides is 3. The lowest BCUT2D eigenvalue weighted by atomic mass is 10.1. The van der Waals surface area contributed by atoms with Gasteiger partial charge in [0.2, 0.25) is 0 Å². The Labute approximate surface area is 156 Å². The zero-order valence-electron chi connectivity index (χ0n) is 14.7. The first-order chi connectivity index (χ1) is 13.2. The van der Waals surface area contributed by atoms with Crippen LogP contribution in [0, 0.1) is 0 Å². The van der Waals surface area contributed by atoms with Crippen molar-refractivity contribution in [2.45, 2.75) is 26.2 Å². The third-order valence-electron chi connectivity index (χ3n) is 4.13. The van der Waals surface area contributed by atoms with Gasteiger partial charge in [-0.3, -0.25) is 14.2 Å². The molecule has 10 heteroatoms. The molecule has 1 amide bonds. The second-order valence-electron chi connectivity index (χ2n) is 6.10. The number of fused-ring (bicyclic) bond motifs is 1. The van der Waals surface area contributed by atoms with Gasteiger partial charge in [-0.2, -0.15) is 13.2 Å². The topological polar surface area (TPSA) is 88.3 Å². The number of amides is 1. The molecule has 3 aromatic rings. The lowest BCUT2D eigenvalue weighted by molar-refractivity contribution is -0.142. The Morgan fingerprint density at radius 1 is 1.25 bits per heavy atom. The van der Waals surface area contributed by atoms with Crippen LogP contribution in [0.5, 0.6) is 0 Å². The lowest BCUT2D eigenvalue weighted by Crippen LogP contribution is -2.38. The van der Waals surface area contributed by atoms with Crippen LogP contribution in [0.1, 0.15) is 23.0 Å². The average Bonchev–Trinajstić information content (AvgIpc) is 3.12. The molecular weight excluding hydrogens is 379 g/mol. The molecule has 2 aromatic heterocycles. The van der Waals surface area contributed by atoms with E-state index in [1.807, 2.05) is 0 Å². The van der Waals surface area contributed by atoms with Gasteiger partial charge >= 0.3 is 11.9 Å². The maximum Gasteiger partial charge on any atom is 0.406 e. The molecule has 0 saturated heterocycles.